The van der Waals surface area contributed by atoms with Crippen LogP contribution in [0.2, 0.25) is 0 Å². The number of hydrogen-bond acceptors (Lipinski definition) is 3. The highest BCUT2D eigenvalue weighted by molar-refractivity contribution is 9.10. The second-order valence-corrected chi connectivity index (χ2v) is 11.6. The quantitative estimate of drug-likeness (QED) is 0.190. The van der Waals surface area contributed by atoms with Crippen molar-refractivity contribution in [2.45, 2.75) is 44.6 Å². The van der Waals surface area contributed by atoms with E-state index >= 15 is 0 Å². The van der Waals surface area contributed by atoms with Crippen molar-refractivity contribution in [2.24, 2.45) is 5.10 Å². The van der Waals surface area contributed by atoms with Crippen LogP contribution in [0.1, 0.15) is 55.0 Å². The lowest BCUT2D eigenvalue weighted by atomic mass is 9.88. The molecule has 0 radical (unpaired) electrons. The molecular weight excluding hydrogens is 560 g/mol. The SMILES string of the molecule is O=c1c2cc(Br)ccc2nc(C2CCCCC2)n1N=Cc1cn(Cc2cccc3ccccc23)c2ccccc12. The molecular formula is C34H29BrN4O. The molecule has 0 unspecified atom stereocenters. The van der Waals surface area contributed by atoms with Crippen LogP contribution in [0.4, 0.5) is 0 Å². The van der Waals surface area contributed by atoms with Gasteiger partial charge in [0.2, 0.25) is 0 Å². The third-order valence-corrected chi connectivity index (χ3v) is 8.65. The summed E-state index contributed by atoms with van der Waals surface area (Å²) in [5, 5.41) is 9.02. The molecule has 2 heterocycles. The molecule has 198 valence electrons. The van der Waals surface area contributed by atoms with Crippen molar-refractivity contribution in [3.63, 3.8) is 0 Å². The summed E-state index contributed by atoms with van der Waals surface area (Å²) in [6.45, 7) is 0.745. The zero-order valence-corrected chi connectivity index (χ0v) is 23.7. The van der Waals surface area contributed by atoms with E-state index in [1.165, 1.54) is 22.8 Å². The van der Waals surface area contributed by atoms with Gasteiger partial charge in [-0.1, -0.05) is 95.9 Å². The third kappa shape index (κ3) is 4.56. The van der Waals surface area contributed by atoms with Gasteiger partial charge in [0.05, 0.1) is 17.1 Å². The van der Waals surface area contributed by atoms with Gasteiger partial charge in [-0.3, -0.25) is 4.79 Å². The molecule has 0 atom stereocenters. The number of aromatic nitrogens is 3. The number of rotatable bonds is 5. The van der Waals surface area contributed by atoms with Crippen molar-refractivity contribution < 1.29 is 0 Å². The van der Waals surface area contributed by atoms with Gasteiger partial charge in [-0.05, 0) is 53.4 Å². The largest absolute Gasteiger partial charge is 0.342 e. The summed E-state index contributed by atoms with van der Waals surface area (Å²) < 4.78 is 4.69. The van der Waals surface area contributed by atoms with Crippen LogP contribution in [0, 0.1) is 0 Å². The van der Waals surface area contributed by atoms with Crippen LogP contribution in [0.3, 0.4) is 0 Å². The zero-order chi connectivity index (χ0) is 27.1. The van der Waals surface area contributed by atoms with Crippen molar-refractivity contribution >= 4 is 54.7 Å². The van der Waals surface area contributed by atoms with Gasteiger partial charge in [-0.2, -0.15) is 9.78 Å². The van der Waals surface area contributed by atoms with Crippen molar-refractivity contribution in [2.75, 3.05) is 0 Å². The first-order valence-electron chi connectivity index (χ1n) is 14.0. The summed E-state index contributed by atoms with van der Waals surface area (Å²) in [7, 11) is 0. The molecule has 0 saturated heterocycles. The topological polar surface area (TPSA) is 52.2 Å². The number of halogens is 1. The molecule has 7 rings (SSSR count). The van der Waals surface area contributed by atoms with Crippen molar-refractivity contribution in [1.29, 1.82) is 0 Å². The van der Waals surface area contributed by atoms with Crippen LogP contribution in [0.15, 0.2) is 105 Å². The Hall–Kier alpha value is -4.03. The molecule has 0 amide bonds. The standard InChI is InChI=1S/C34H29BrN4O/c35-27-17-18-31-30(19-27)34(40)39(33(37-31)24-10-2-1-3-11-24)36-20-26-22-38(32-16-7-6-15-29(26)32)21-25-13-8-12-23-9-4-5-14-28(23)25/h4-9,12-20,22,24H,1-3,10-11,21H2. The van der Waals surface area contributed by atoms with Gasteiger partial charge in [0.15, 0.2) is 0 Å². The maximum atomic E-state index is 13.8. The van der Waals surface area contributed by atoms with Crippen LogP contribution in [-0.2, 0) is 6.54 Å². The lowest BCUT2D eigenvalue weighted by Crippen LogP contribution is -2.25. The maximum Gasteiger partial charge on any atom is 0.282 e. The minimum atomic E-state index is -0.123. The van der Waals surface area contributed by atoms with Crippen molar-refractivity contribution in [1.82, 2.24) is 14.2 Å². The van der Waals surface area contributed by atoms with Gasteiger partial charge in [-0.25, -0.2) is 4.98 Å². The summed E-state index contributed by atoms with van der Waals surface area (Å²) in [4.78, 5) is 18.8. The Morgan fingerprint density at radius 1 is 0.875 bits per heavy atom. The van der Waals surface area contributed by atoms with E-state index in [-0.39, 0.29) is 11.5 Å². The summed E-state index contributed by atoms with van der Waals surface area (Å²) in [6, 6.07) is 29.1. The van der Waals surface area contributed by atoms with E-state index in [1.54, 1.807) is 4.68 Å². The first-order valence-corrected chi connectivity index (χ1v) is 14.8. The lowest BCUT2D eigenvalue weighted by molar-refractivity contribution is 0.416. The van der Waals surface area contributed by atoms with E-state index in [9.17, 15) is 4.79 Å². The number of hydrogen-bond donors (Lipinski definition) is 0. The zero-order valence-electron chi connectivity index (χ0n) is 22.1. The Morgan fingerprint density at radius 2 is 1.65 bits per heavy atom. The molecule has 6 aromatic rings. The Bertz CT molecular complexity index is 1960. The number of fused-ring (bicyclic) bond motifs is 3. The summed E-state index contributed by atoms with van der Waals surface area (Å²) in [5.41, 5.74) is 3.99. The Morgan fingerprint density at radius 3 is 2.52 bits per heavy atom. The van der Waals surface area contributed by atoms with E-state index in [4.69, 9.17) is 10.1 Å². The normalized spacial score (nSPS) is 14.6. The smallest absolute Gasteiger partial charge is 0.282 e. The molecule has 0 spiro atoms. The fourth-order valence-corrected chi connectivity index (χ4v) is 6.51. The molecule has 5 nitrogen and oxygen atoms in total. The lowest BCUT2D eigenvalue weighted by Gasteiger charge is -2.22. The monoisotopic (exact) mass is 588 g/mol. The molecule has 40 heavy (non-hydrogen) atoms. The second-order valence-electron chi connectivity index (χ2n) is 10.7. The van der Waals surface area contributed by atoms with Gasteiger partial charge in [0, 0.05) is 39.6 Å². The van der Waals surface area contributed by atoms with Crippen LogP contribution in [0.25, 0.3) is 32.6 Å². The van der Waals surface area contributed by atoms with Crippen LogP contribution in [-0.4, -0.2) is 20.4 Å². The average molecular weight is 590 g/mol. The van der Waals surface area contributed by atoms with Crippen LogP contribution < -0.4 is 5.56 Å². The van der Waals surface area contributed by atoms with Gasteiger partial charge in [-0.15, -0.1) is 0 Å². The molecule has 0 bridgehead atoms. The summed E-state index contributed by atoms with van der Waals surface area (Å²) in [6.07, 6.45) is 9.60. The Labute approximate surface area is 240 Å². The van der Waals surface area contributed by atoms with E-state index in [0.717, 1.165) is 64.5 Å². The van der Waals surface area contributed by atoms with Gasteiger partial charge < -0.3 is 4.57 Å². The van der Waals surface area contributed by atoms with Gasteiger partial charge in [0.1, 0.15) is 5.82 Å². The van der Waals surface area contributed by atoms with Gasteiger partial charge >= 0.3 is 0 Å². The molecule has 1 aliphatic carbocycles. The molecule has 4 aromatic carbocycles. The predicted octanol–water partition coefficient (Wildman–Crippen LogP) is 8.25. The molecule has 1 saturated carbocycles. The number of benzene rings is 4. The highest BCUT2D eigenvalue weighted by atomic mass is 79.9. The number of nitrogens with zero attached hydrogens (tertiary/aromatic N) is 4. The first-order chi connectivity index (χ1) is 19.7. The molecule has 2 aromatic heterocycles. The first kappa shape index (κ1) is 25.0. The average Bonchev–Trinajstić information content (AvgIpc) is 3.34. The molecule has 1 fully saturated rings. The van der Waals surface area contributed by atoms with Gasteiger partial charge in [0.25, 0.3) is 5.56 Å². The predicted molar refractivity (Wildman–Crippen MR) is 168 cm³/mol. The molecule has 1 aliphatic rings. The maximum absolute atomic E-state index is 13.8. The third-order valence-electron chi connectivity index (χ3n) is 8.16. The molecule has 0 N–H and O–H groups in total. The molecule has 0 aliphatic heterocycles. The highest BCUT2D eigenvalue weighted by Crippen LogP contribution is 2.32. The second kappa shape index (κ2) is 10.5. The minimum absolute atomic E-state index is 0.123. The van der Waals surface area contributed by atoms with E-state index < -0.39 is 0 Å². The van der Waals surface area contributed by atoms with E-state index in [1.807, 2.05) is 24.4 Å². The van der Waals surface area contributed by atoms with Crippen LogP contribution >= 0.6 is 15.9 Å². The van der Waals surface area contributed by atoms with Crippen LogP contribution in [0.5, 0.6) is 0 Å². The summed E-state index contributed by atoms with van der Waals surface area (Å²) in [5.74, 6) is 1.01. The van der Waals surface area contributed by atoms with E-state index in [0.29, 0.717) is 5.39 Å². The fraction of sp³-hybridized carbons (Fsp3) is 0.206. The van der Waals surface area contributed by atoms with Crippen molar-refractivity contribution in [3.05, 3.63) is 123 Å². The summed E-state index contributed by atoms with van der Waals surface area (Å²) >= 11 is 3.52. The fourth-order valence-electron chi connectivity index (χ4n) is 6.15. The number of para-hydroxylation sites is 1. The minimum Gasteiger partial charge on any atom is -0.342 e. The van der Waals surface area contributed by atoms with Crippen molar-refractivity contribution in [3.8, 4) is 0 Å². The Kier molecular flexibility index (Phi) is 6.56. The Balaban J connectivity index is 1.34. The molecule has 6 heteroatoms. The van der Waals surface area contributed by atoms with E-state index in [2.05, 4.69) is 93.4 Å². The highest BCUT2D eigenvalue weighted by Gasteiger charge is 2.22.